The first-order valence-electron chi connectivity index (χ1n) is 6.36. The SMILES string of the molecule is COc1ccc(N)c(C(=O)NC2CCS(=O)(=O)CC2)c1. The Balaban J connectivity index is 2.05. The fourth-order valence-corrected chi connectivity index (χ4v) is 3.65. The number of nitrogens with two attached hydrogens (primary N) is 1. The first-order chi connectivity index (χ1) is 9.41. The van der Waals surface area contributed by atoms with E-state index in [1.54, 1.807) is 18.2 Å². The van der Waals surface area contributed by atoms with E-state index in [1.165, 1.54) is 7.11 Å². The minimum absolute atomic E-state index is 0.117. The number of rotatable bonds is 3. The molecule has 3 N–H and O–H groups in total. The van der Waals surface area contributed by atoms with Crippen LogP contribution in [-0.4, -0.2) is 39.0 Å². The zero-order valence-corrected chi connectivity index (χ0v) is 12.1. The van der Waals surface area contributed by atoms with Gasteiger partial charge < -0.3 is 15.8 Å². The van der Waals surface area contributed by atoms with Gasteiger partial charge in [0.1, 0.15) is 15.6 Å². The summed E-state index contributed by atoms with van der Waals surface area (Å²) in [4.78, 5) is 12.2. The predicted molar refractivity (Wildman–Crippen MR) is 76.5 cm³/mol. The van der Waals surface area contributed by atoms with E-state index in [4.69, 9.17) is 10.5 Å². The molecule has 7 heteroatoms. The van der Waals surface area contributed by atoms with E-state index in [0.717, 1.165) is 0 Å². The molecule has 0 aliphatic carbocycles. The van der Waals surface area contributed by atoms with Gasteiger partial charge in [-0.25, -0.2) is 8.42 Å². The average molecular weight is 298 g/mol. The first-order valence-corrected chi connectivity index (χ1v) is 8.18. The van der Waals surface area contributed by atoms with Crippen molar-refractivity contribution in [3.63, 3.8) is 0 Å². The lowest BCUT2D eigenvalue weighted by Crippen LogP contribution is -2.41. The molecule has 6 nitrogen and oxygen atoms in total. The molecule has 1 aromatic carbocycles. The Labute approximate surface area is 118 Å². The van der Waals surface area contributed by atoms with Crippen LogP contribution in [0, 0.1) is 0 Å². The molecule has 0 saturated carbocycles. The molecule has 0 aromatic heterocycles. The first kappa shape index (κ1) is 14.6. The van der Waals surface area contributed by atoms with Crippen LogP contribution in [0.15, 0.2) is 18.2 Å². The largest absolute Gasteiger partial charge is 0.497 e. The van der Waals surface area contributed by atoms with E-state index in [0.29, 0.717) is 29.8 Å². The molecule has 0 radical (unpaired) electrons. The van der Waals surface area contributed by atoms with Crippen molar-refractivity contribution in [1.29, 1.82) is 0 Å². The number of hydrogen-bond donors (Lipinski definition) is 2. The van der Waals surface area contributed by atoms with Crippen molar-refractivity contribution >= 4 is 21.4 Å². The Morgan fingerprint density at radius 3 is 2.60 bits per heavy atom. The van der Waals surface area contributed by atoms with Gasteiger partial charge in [0.25, 0.3) is 5.91 Å². The van der Waals surface area contributed by atoms with Gasteiger partial charge in [-0.15, -0.1) is 0 Å². The number of amides is 1. The molecule has 0 atom stereocenters. The van der Waals surface area contributed by atoms with E-state index in [1.807, 2.05) is 0 Å². The molecule has 1 aliphatic rings. The summed E-state index contributed by atoms with van der Waals surface area (Å²) in [6.45, 7) is 0. The molecule has 1 heterocycles. The quantitative estimate of drug-likeness (QED) is 0.796. The van der Waals surface area contributed by atoms with Gasteiger partial charge in [0.05, 0.1) is 24.2 Å². The molecule has 1 saturated heterocycles. The minimum Gasteiger partial charge on any atom is -0.497 e. The van der Waals surface area contributed by atoms with Crippen LogP contribution in [-0.2, 0) is 9.84 Å². The molecule has 20 heavy (non-hydrogen) atoms. The second-order valence-electron chi connectivity index (χ2n) is 4.85. The van der Waals surface area contributed by atoms with Crippen LogP contribution in [0.1, 0.15) is 23.2 Å². The summed E-state index contributed by atoms with van der Waals surface area (Å²) in [5.41, 5.74) is 6.49. The molecule has 0 unspecified atom stereocenters. The van der Waals surface area contributed by atoms with Crippen molar-refractivity contribution in [2.24, 2.45) is 0 Å². The number of carbonyl (C=O) groups excluding carboxylic acids is 1. The van der Waals surface area contributed by atoms with E-state index < -0.39 is 9.84 Å². The summed E-state index contributed by atoms with van der Waals surface area (Å²) in [5.74, 6) is 0.484. The monoisotopic (exact) mass is 298 g/mol. The second-order valence-corrected chi connectivity index (χ2v) is 7.16. The second kappa shape index (κ2) is 5.70. The van der Waals surface area contributed by atoms with Crippen molar-refractivity contribution in [2.45, 2.75) is 18.9 Å². The number of carbonyl (C=O) groups is 1. The number of nitrogen functional groups attached to an aromatic ring is 1. The highest BCUT2D eigenvalue weighted by molar-refractivity contribution is 7.91. The smallest absolute Gasteiger partial charge is 0.253 e. The number of benzene rings is 1. The Hall–Kier alpha value is -1.76. The highest BCUT2D eigenvalue weighted by Gasteiger charge is 2.25. The van der Waals surface area contributed by atoms with Crippen molar-refractivity contribution in [1.82, 2.24) is 5.32 Å². The van der Waals surface area contributed by atoms with Gasteiger partial charge in [-0.2, -0.15) is 0 Å². The molecule has 0 spiro atoms. The summed E-state index contributed by atoms with van der Waals surface area (Å²) in [6.07, 6.45) is 0.885. The van der Waals surface area contributed by atoms with Gasteiger partial charge in [-0.1, -0.05) is 0 Å². The lowest BCUT2D eigenvalue weighted by Gasteiger charge is -2.23. The van der Waals surface area contributed by atoms with Crippen LogP contribution in [0.3, 0.4) is 0 Å². The molecule has 1 fully saturated rings. The number of sulfone groups is 1. The topological polar surface area (TPSA) is 98.5 Å². The van der Waals surface area contributed by atoms with E-state index >= 15 is 0 Å². The Morgan fingerprint density at radius 2 is 2.00 bits per heavy atom. The minimum atomic E-state index is -2.93. The van der Waals surface area contributed by atoms with Crippen LogP contribution in [0.4, 0.5) is 5.69 Å². The van der Waals surface area contributed by atoms with Crippen LogP contribution in [0.2, 0.25) is 0 Å². The van der Waals surface area contributed by atoms with Crippen molar-refractivity contribution in [3.05, 3.63) is 23.8 Å². The summed E-state index contributed by atoms with van der Waals surface area (Å²) in [5, 5.41) is 2.83. The van der Waals surface area contributed by atoms with Gasteiger partial charge in [0.2, 0.25) is 0 Å². The number of hydrogen-bond acceptors (Lipinski definition) is 5. The molecular weight excluding hydrogens is 280 g/mol. The fraction of sp³-hybridized carbons (Fsp3) is 0.462. The zero-order chi connectivity index (χ0) is 14.8. The van der Waals surface area contributed by atoms with Gasteiger partial charge in [-0.05, 0) is 31.0 Å². The maximum Gasteiger partial charge on any atom is 0.253 e. The predicted octanol–water partition coefficient (Wildman–Crippen LogP) is 0.584. The summed E-state index contributed by atoms with van der Waals surface area (Å²) in [6, 6.07) is 4.74. The Kier molecular flexibility index (Phi) is 4.17. The molecule has 2 rings (SSSR count). The fourth-order valence-electron chi connectivity index (χ4n) is 2.16. The Bertz CT molecular complexity index is 599. The third kappa shape index (κ3) is 3.41. The highest BCUT2D eigenvalue weighted by atomic mass is 32.2. The summed E-state index contributed by atoms with van der Waals surface area (Å²) < 4.78 is 27.7. The van der Waals surface area contributed by atoms with Gasteiger partial charge in [-0.3, -0.25) is 4.79 Å². The van der Waals surface area contributed by atoms with Crippen LogP contribution in [0.5, 0.6) is 5.75 Å². The molecule has 1 aliphatic heterocycles. The molecule has 0 bridgehead atoms. The Morgan fingerprint density at radius 1 is 1.35 bits per heavy atom. The maximum atomic E-state index is 12.2. The van der Waals surface area contributed by atoms with E-state index in [9.17, 15) is 13.2 Å². The maximum absolute atomic E-state index is 12.2. The summed E-state index contributed by atoms with van der Waals surface area (Å²) >= 11 is 0. The average Bonchev–Trinajstić information content (AvgIpc) is 2.41. The number of anilines is 1. The number of nitrogens with one attached hydrogen (secondary N) is 1. The van der Waals surface area contributed by atoms with Crippen LogP contribution in [0.25, 0.3) is 0 Å². The molecular formula is C13H18N2O4S. The molecule has 110 valence electrons. The van der Waals surface area contributed by atoms with Crippen LogP contribution < -0.4 is 15.8 Å². The van der Waals surface area contributed by atoms with Crippen molar-refractivity contribution < 1.29 is 17.9 Å². The van der Waals surface area contributed by atoms with Crippen molar-refractivity contribution in [3.8, 4) is 5.75 Å². The van der Waals surface area contributed by atoms with Crippen molar-refractivity contribution in [2.75, 3.05) is 24.3 Å². The summed E-state index contributed by atoms with van der Waals surface area (Å²) in [7, 11) is -1.42. The molecule has 1 amide bonds. The standard InChI is InChI=1S/C13H18N2O4S/c1-19-10-2-3-12(14)11(8-10)13(16)15-9-4-6-20(17,18)7-5-9/h2-3,8-9H,4-7,14H2,1H3,(H,15,16). The molecule has 1 aromatic rings. The van der Waals surface area contributed by atoms with Gasteiger partial charge >= 0.3 is 0 Å². The highest BCUT2D eigenvalue weighted by Crippen LogP contribution is 2.20. The lowest BCUT2D eigenvalue weighted by molar-refractivity contribution is 0.0935. The lowest BCUT2D eigenvalue weighted by atomic mass is 10.1. The van der Waals surface area contributed by atoms with E-state index in [-0.39, 0.29) is 23.5 Å². The number of methoxy groups -OCH3 is 1. The van der Waals surface area contributed by atoms with Gasteiger partial charge in [0.15, 0.2) is 0 Å². The number of ether oxygens (including phenoxy) is 1. The third-order valence-electron chi connectivity index (χ3n) is 3.39. The van der Waals surface area contributed by atoms with Gasteiger partial charge in [0, 0.05) is 11.7 Å². The normalized spacial score (nSPS) is 18.4. The van der Waals surface area contributed by atoms with E-state index in [2.05, 4.69) is 5.32 Å². The zero-order valence-electron chi connectivity index (χ0n) is 11.3. The van der Waals surface area contributed by atoms with Crippen LogP contribution >= 0.6 is 0 Å². The third-order valence-corrected chi connectivity index (χ3v) is 5.11.